The van der Waals surface area contributed by atoms with Gasteiger partial charge in [-0.25, -0.2) is 0 Å². The average Bonchev–Trinajstić information content (AvgIpc) is 2.48. The van der Waals surface area contributed by atoms with E-state index in [0.717, 1.165) is 32.5 Å². The Morgan fingerprint density at radius 1 is 1.20 bits per heavy atom. The van der Waals surface area contributed by atoms with Crippen molar-refractivity contribution in [3.63, 3.8) is 0 Å². The van der Waals surface area contributed by atoms with Crippen molar-refractivity contribution in [2.45, 2.75) is 64.5 Å². The van der Waals surface area contributed by atoms with E-state index in [-0.39, 0.29) is 5.92 Å². The molecule has 0 aromatic heterocycles. The number of likely N-dealkylation sites (tertiary alicyclic amines) is 1. The van der Waals surface area contributed by atoms with E-state index in [4.69, 9.17) is 5.73 Å². The minimum atomic E-state index is 0.125. The second-order valence-corrected chi connectivity index (χ2v) is 6.81. The molecule has 116 valence electrons. The highest BCUT2D eigenvalue weighted by molar-refractivity contribution is 5.78. The lowest BCUT2D eigenvalue weighted by molar-refractivity contribution is -0.135. The molecule has 4 nitrogen and oxygen atoms in total. The summed E-state index contributed by atoms with van der Waals surface area (Å²) >= 11 is 0. The van der Waals surface area contributed by atoms with Gasteiger partial charge in [-0.15, -0.1) is 0 Å². The maximum atomic E-state index is 12.0. The first-order valence-corrected chi connectivity index (χ1v) is 8.36. The summed E-state index contributed by atoms with van der Waals surface area (Å²) in [6.07, 6.45) is 7.39. The van der Waals surface area contributed by atoms with Crippen LogP contribution in [0.2, 0.25) is 0 Å². The van der Waals surface area contributed by atoms with Crippen molar-refractivity contribution in [3.05, 3.63) is 0 Å². The van der Waals surface area contributed by atoms with Crippen LogP contribution in [-0.4, -0.2) is 42.5 Å². The Kier molecular flexibility index (Phi) is 5.85. The van der Waals surface area contributed by atoms with E-state index in [9.17, 15) is 4.79 Å². The van der Waals surface area contributed by atoms with Gasteiger partial charge >= 0.3 is 0 Å². The van der Waals surface area contributed by atoms with E-state index >= 15 is 0 Å². The molecule has 1 aliphatic heterocycles. The van der Waals surface area contributed by atoms with Crippen molar-refractivity contribution in [1.29, 1.82) is 0 Å². The van der Waals surface area contributed by atoms with Gasteiger partial charge in [-0.1, -0.05) is 26.7 Å². The summed E-state index contributed by atoms with van der Waals surface area (Å²) in [5, 5.41) is 3.83. The zero-order valence-corrected chi connectivity index (χ0v) is 13.1. The molecular formula is C16H31N3O. The van der Waals surface area contributed by atoms with Crippen LogP contribution in [0.5, 0.6) is 0 Å². The van der Waals surface area contributed by atoms with Crippen molar-refractivity contribution in [1.82, 2.24) is 10.2 Å². The summed E-state index contributed by atoms with van der Waals surface area (Å²) in [5.74, 6) is 1.08. The third-order valence-corrected chi connectivity index (χ3v) is 4.96. The van der Waals surface area contributed by atoms with Crippen LogP contribution < -0.4 is 11.1 Å². The Balaban J connectivity index is 1.77. The van der Waals surface area contributed by atoms with Crippen molar-refractivity contribution in [2.24, 2.45) is 17.6 Å². The number of nitrogens with zero attached hydrogens (tertiary/aromatic N) is 1. The van der Waals surface area contributed by atoms with Gasteiger partial charge in [0.25, 0.3) is 0 Å². The second-order valence-electron chi connectivity index (χ2n) is 6.81. The first-order valence-electron chi connectivity index (χ1n) is 8.36. The first-order chi connectivity index (χ1) is 9.61. The maximum absolute atomic E-state index is 12.0. The number of nitrogens with two attached hydrogens (primary N) is 1. The molecule has 2 fully saturated rings. The van der Waals surface area contributed by atoms with Gasteiger partial charge in [0.15, 0.2) is 0 Å². The fourth-order valence-corrected chi connectivity index (χ4v) is 3.64. The molecule has 3 N–H and O–H groups in total. The molecule has 1 saturated heterocycles. The molecule has 1 heterocycles. The summed E-state index contributed by atoms with van der Waals surface area (Å²) in [6, 6.07) is 1.18. The van der Waals surface area contributed by atoms with Crippen LogP contribution in [0.15, 0.2) is 0 Å². The predicted octanol–water partition coefficient (Wildman–Crippen LogP) is 1.74. The van der Waals surface area contributed by atoms with Crippen LogP contribution in [0.4, 0.5) is 0 Å². The zero-order chi connectivity index (χ0) is 14.5. The van der Waals surface area contributed by atoms with Gasteiger partial charge < -0.3 is 16.0 Å². The van der Waals surface area contributed by atoms with Crippen LogP contribution in [0.1, 0.15) is 52.4 Å². The van der Waals surface area contributed by atoms with Crippen molar-refractivity contribution < 1.29 is 4.79 Å². The number of amides is 1. The topological polar surface area (TPSA) is 58.4 Å². The lowest BCUT2D eigenvalue weighted by Gasteiger charge is -2.38. The maximum Gasteiger partial charge on any atom is 0.225 e. The van der Waals surface area contributed by atoms with Gasteiger partial charge in [0, 0.05) is 31.1 Å². The van der Waals surface area contributed by atoms with Gasteiger partial charge in [0.05, 0.1) is 0 Å². The molecule has 1 saturated carbocycles. The third-order valence-electron chi connectivity index (χ3n) is 4.96. The SMILES string of the molecule is CC(C)C(=O)N1CCC(NC2CCCCC2CN)CC1. The predicted molar refractivity (Wildman–Crippen MR) is 82.4 cm³/mol. The van der Waals surface area contributed by atoms with Crippen LogP contribution in [-0.2, 0) is 4.79 Å². The second kappa shape index (κ2) is 7.41. The van der Waals surface area contributed by atoms with E-state index in [0.29, 0.717) is 23.9 Å². The highest BCUT2D eigenvalue weighted by Crippen LogP contribution is 2.25. The molecule has 2 rings (SSSR count). The molecule has 1 aliphatic carbocycles. The standard InChI is InChI=1S/C16H31N3O/c1-12(2)16(20)19-9-7-14(8-10-19)18-15-6-4-3-5-13(15)11-17/h12-15,18H,3-11,17H2,1-2H3. The normalized spacial score (nSPS) is 28.9. The summed E-state index contributed by atoms with van der Waals surface area (Å²) in [4.78, 5) is 14.0. The van der Waals surface area contributed by atoms with Gasteiger partial charge in [0.1, 0.15) is 0 Å². The Morgan fingerprint density at radius 3 is 2.45 bits per heavy atom. The fraction of sp³-hybridized carbons (Fsp3) is 0.938. The fourth-order valence-electron chi connectivity index (χ4n) is 3.64. The Bertz CT molecular complexity index is 311. The first kappa shape index (κ1) is 15.8. The number of nitrogens with one attached hydrogen (secondary N) is 1. The molecule has 0 aromatic carbocycles. The van der Waals surface area contributed by atoms with Crippen LogP contribution in [0.3, 0.4) is 0 Å². The highest BCUT2D eigenvalue weighted by Gasteiger charge is 2.29. The Morgan fingerprint density at radius 2 is 1.85 bits per heavy atom. The quantitative estimate of drug-likeness (QED) is 0.825. The van der Waals surface area contributed by atoms with Gasteiger partial charge in [-0.05, 0) is 38.1 Å². The number of hydrogen-bond donors (Lipinski definition) is 2. The molecule has 2 unspecified atom stereocenters. The van der Waals surface area contributed by atoms with Crippen molar-refractivity contribution >= 4 is 5.91 Å². The zero-order valence-electron chi connectivity index (χ0n) is 13.1. The van der Waals surface area contributed by atoms with E-state index in [1.165, 1.54) is 25.7 Å². The van der Waals surface area contributed by atoms with E-state index < -0.39 is 0 Å². The van der Waals surface area contributed by atoms with Crippen LogP contribution in [0, 0.1) is 11.8 Å². The molecule has 0 bridgehead atoms. The van der Waals surface area contributed by atoms with Crippen molar-refractivity contribution in [2.75, 3.05) is 19.6 Å². The van der Waals surface area contributed by atoms with E-state index in [1.807, 2.05) is 18.7 Å². The van der Waals surface area contributed by atoms with E-state index in [1.54, 1.807) is 0 Å². The van der Waals surface area contributed by atoms with Gasteiger partial charge in [-0.3, -0.25) is 4.79 Å². The lowest BCUT2D eigenvalue weighted by Crippen LogP contribution is -2.51. The molecule has 0 aromatic rings. The van der Waals surface area contributed by atoms with Crippen LogP contribution >= 0.6 is 0 Å². The summed E-state index contributed by atoms with van der Waals surface area (Å²) in [5.41, 5.74) is 5.90. The highest BCUT2D eigenvalue weighted by atomic mass is 16.2. The van der Waals surface area contributed by atoms with E-state index in [2.05, 4.69) is 5.32 Å². The minimum Gasteiger partial charge on any atom is -0.342 e. The summed E-state index contributed by atoms with van der Waals surface area (Å²) in [7, 11) is 0. The number of carbonyl (C=O) groups excluding carboxylic acids is 1. The number of piperidine rings is 1. The van der Waals surface area contributed by atoms with Gasteiger partial charge in [0.2, 0.25) is 5.91 Å². The molecule has 20 heavy (non-hydrogen) atoms. The third kappa shape index (κ3) is 3.95. The minimum absolute atomic E-state index is 0.125. The Hall–Kier alpha value is -0.610. The Labute approximate surface area is 123 Å². The molecule has 0 radical (unpaired) electrons. The number of carbonyl (C=O) groups is 1. The smallest absolute Gasteiger partial charge is 0.225 e. The lowest BCUT2D eigenvalue weighted by atomic mass is 9.83. The van der Waals surface area contributed by atoms with Crippen molar-refractivity contribution in [3.8, 4) is 0 Å². The molecule has 2 atom stereocenters. The molecular weight excluding hydrogens is 250 g/mol. The molecule has 1 amide bonds. The van der Waals surface area contributed by atoms with Gasteiger partial charge in [-0.2, -0.15) is 0 Å². The molecule has 0 spiro atoms. The molecule has 2 aliphatic rings. The average molecular weight is 281 g/mol. The summed E-state index contributed by atoms with van der Waals surface area (Å²) in [6.45, 7) is 6.60. The number of hydrogen-bond acceptors (Lipinski definition) is 3. The summed E-state index contributed by atoms with van der Waals surface area (Å²) < 4.78 is 0. The van der Waals surface area contributed by atoms with Crippen LogP contribution in [0.25, 0.3) is 0 Å². The molecule has 4 heteroatoms. The largest absolute Gasteiger partial charge is 0.342 e. The monoisotopic (exact) mass is 281 g/mol. The number of rotatable bonds is 4.